The molecule has 0 saturated heterocycles. The maximum atomic E-state index is 12.9. The van der Waals surface area contributed by atoms with Crippen molar-refractivity contribution in [3.8, 4) is 0 Å². The summed E-state index contributed by atoms with van der Waals surface area (Å²) in [4.78, 5) is 18.9. The van der Waals surface area contributed by atoms with Crippen LogP contribution in [-0.4, -0.2) is 36.8 Å². The molecule has 2 aromatic rings. The third-order valence-electron chi connectivity index (χ3n) is 4.05. The van der Waals surface area contributed by atoms with Gasteiger partial charge in [0.1, 0.15) is 0 Å². The fourth-order valence-corrected chi connectivity index (χ4v) is 3.69. The van der Waals surface area contributed by atoms with E-state index in [-0.39, 0.29) is 22.8 Å². The van der Waals surface area contributed by atoms with Gasteiger partial charge in [-0.2, -0.15) is 0 Å². The molecule has 1 heterocycles. The maximum absolute atomic E-state index is 12.9. The average molecular weight is 390 g/mol. The van der Waals surface area contributed by atoms with Crippen molar-refractivity contribution in [3.63, 3.8) is 0 Å². The van der Waals surface area contributed by atoms with E-state index in [4.69, 9.17) is 0 Å². The zero-order valence-electron chi connectivity index (χ0n) is 16.2. The van der Waals surface area contributed by atoms with Gasteiger partial charge in [-0.1, -0.05) is 19.9 Å². The summed E-state index contributed by atoms with van der Waals surface area (Å²) in [6.45, 7) is 8.58. The van der Waals surface area contributed by atoms with Gasteiger partial charge in [-0.3, -0.25) is 9.78 Å². The van der Waals surface area contributed by atoms with E-state index in [1.54, 1.807) is 29.4 Å². The zero-order chi connectivity index (χ0) is 20.0. The molecule has 1 amide bonds. The van der Waals surface area contributed by atoms with E-state index in [1.807, 2.05) is 39.8 Å². The van der Waals surface area contributed by atoms with Gasteiger partial charge in [-0.15, -0.1) is 0 Å². The van der Waals surface area contributed by atoms with Crippen molar-refractivity contribution in [3.05, 3.63) is 59.9 Å². The van der Waals surface area contributed by atoms with Crippen LogP contribution >= 0.6 is 0 Å². The normalized spacial score (nSPS) is 11.8. The Balaban J connectivity index is 2.17. The lowest BCUT2D eigenvalue weighted by Crippen LogP contribution is -2.36. The van der Waals surface area contributed by atoms with Crippen LogP contribution in [-0.2, 0) is 16.6 Å². The van der Waals surface area contributed by atoms with Crippen LogP contribution in [0.15, 0.2) is 53.7 Å². The molecule has 2 rings (SSSR count). The number of nitrogens with zero attached hydrogens (tertiary/aromatic N) is 2. The summed E-state index contributed by atoms with van der Waals surface area (Å²) in [6, 6.07) is 9.81. The average Bonchev–Trinajstić information content (AvgIpc) is 2.65. The first-order valence-electron chi connectivity index (χ1n) is 9.00. The SMILES string of the molecule is CC(C)CNS(=O)(=O)c1ccc(C(=O)N(Cc2cccnc2)C(C)C)cc1. The second kappa shape index (κ2) is 9.10. The monoisotopic (exact) mass is 389 g/mol. The predicted octanol–water partition coefficient (Wildman–Crippen LogP) is 3.07. The summed E-state index contributed by atoms with van der Waals surface area (Å²) < 4.78 is 27.1. The molecule has 0 aliphatic carbocycles. The van der Waals surface area contributed by atoms with Crippen molar-refractivity contribution in [1.29, 1.82) is 0 Å². The number of pyridine rings is 1. The Bertz CT molecular complexity index is 848. The number of hydrogen-bond acceptors (Lipinski definition) is 4. The van der Waals surface area contributed by atoms with Crippen molar-refractivity contribution in [2.45, 2.75) is 45.2 Å². The van der Waals surface area contributed by atoms with Crippen LogP contribution in [0.5, 0.6) is 0 Å². The van der Waals surface area contributed by atoms with Gasteiger partial charge in [0.25, 0.3) is 5.91 Å². The first-order valence-corrected chi connectivity index (χ1v) is 10.5. The number of aromatic nitrogens is 1. The molecule has 0 saturated carbocycles. The Kier molecular flexibility index (Phi) is 7.10. The van der Waals surface area contributed by atoms with Gasteiger partial charge in [0.2, 0.25) is 10.0 Å². The van der Waals surface area contributed by atoms with Crippen molar-refractivity contribution in [2.24, 2.45) is 5.92 Å². The smallest absolute Gasteiger partial charge is 0.254 e. The molecular weight excluding hydrogens is 362 g/mol. The van der Waals surface area contributed by atoms with Gasteiger partial charge in [-0.25, -0.2) is 13.1 Å². The number of hydrogen-bond donors (Lipinski definition) is 1. The molecule has 0 spiro atoms. The summed E-state index contributed by atoms with van der Waals surface area (Å²) in [6.07, 6.45) is 3.43. The first kappa shape index (κ1) is 21.1. The summed E-state index contributed by atoms with van der Waals surface area (Å²) in [5.74, 6) is 0.0700. The van der Waals surface area contributed by atoms with Gasteiger partial charge in [0, 0.05) is 37.1 Å². The van der Waals surface area contributed by atoms with Gasteiger partial charge in [-0.05, 0) is 55.7 Å². The largest absolute Gasteiger partial charge is 0.332 e. The Morgan fingerprint density at radius 3 is 2.30 bits per heavy atom. The van der Waals surface area contributed by atoms with Crippen molar-refractivity contribution >= 4 is 15.9 Å². The van der Waals surface area contributed by atoms with E-state index in [9.17, 15) is 13.2 Å². The molecule has 6 nitrogen and oxygen atoms in total. The lowest BCUT2D eigenvalue weighted by Gasteiger charge is -2.27. The molecule has 0 fully saturated rings. The highest BCUT2D eigenvalue weighted by Crippen LogP contribution is 2.16. The standard InChI is InChI=1S/C20H27N3O3S/c1-15(2)12-22-27(25,26)19-9-7-18(8-10-19)20(24)23(16(3)4)14-17-6-5-11-21-13-17/h5-11,13,15-16,22H,12,14H2,1-4H3. The van der Waals surface area contributed by atoms with Crippen molar-refractivity contribution in [1.82, 2.24) is 14.6 Å². The van der Waals surface area contributed by atoms with Crippen LogP contribution in [0.25, 0.3) is 0 Å². The van der Waals surface area contributed by atoms with Gasteiger partial charge >= 0.3 is 0 Å². The molecule has 146 valence electrons. The molecule has 0 unspecified atom stereocenters. The van der Waals surface area contributed by atoms with E-state index < -0.39 is 10.0 Å². The van der Waals surface area contributed by atoms with E-state index in [0.29, 0.717) is 18.7 Å². The Morgan fingerprint density at radius 2 is 1.78 bits per heavy atom. The molecule has 7 heteroatoms. The quantitative estimate of drug-likeness (QED) is 0.752. The van der Waals surface area contributed by atoms with E-state index in [1.165, 1.54) is 12.1 Å². The Labute approximate surface area is 161 Å². The molecular formula is C20H27N3O3S. The second-order valence-electron chi connectivity index (χ2n) is 7.16. The lowest BCUT2D eigenvalue weighted by molar-refractivity contribution is 0.0690. The van der Waals surface area contributed by atoms with Crippen molar-refractivity contribution < 1.29 is 13.2 Å². The highest BCUT2D eigenvalue weighted by atomic mass is 32.2. The second-order valence-corrected chi connectivity index (χ2v) is 8.93. The molecule has 0 radical (unpaired) electrons. The Hall–Kier alpha value is -2.25. The number of rotatable bonds is 8. The molecule has 27 heavy (non-hydrogen) atoms. The number of carbonyl (C=O) groups is 1. The minimum atomic E-state index is -3.57. The molecule has 1 aromatic heterocycles. The molecule has 1 aromatic carbocycles. The summed E-state index contributed by atoms with van der Waals surface area (Å²) in [5.41, 5.74) is 1.40. The van der Waals surface area contributed by atoms with Crippen LogP contribution < -0.4 is 4.72 Å². The van der Waals surface area contributed by atoms with Crippen LogP contribution in [0.3, 0.4) is 0 Å². The van der Waals surface area contributed by atoms with Gasteiger partial charge in [0.15, 0.2) is 0 Å². The van der Waals surface area contributed by atoms with E-state index in [2.05, 4.69) is 9.71 Å². The fraction of sp³-hybridized carbons (Fsp3) is 0.400. The minimum absolute atomic E-state index is 0.00572. The third-order valence-corrected chi connectivity index (χ3v) is 5.49. The van der Waals surface area contributed by atoms with Crippen LogP contribution in [0.2, 0.25) is 0 Å². The summed E-state index contributed by atoms with van der Waals surface area (Å²) in [5, 5.41) is 0. The highest BCUT2D eigenvalue weighted by Gasteiger charge is 2.20. The first-order chi connectivity index (χ1) is 12.7. The number of sulfonamides is 1. The molecule has 0 atom stereocenters. The van der Waals surface area contributed by atoms with Gasteiger partial charge in [0.05, 0.1) is 4.90 Å². The fourth-order valence-electron chi connectivity index (χ4n) is 2.48. The third kappa shape index (κ3) is 5.87. The number of amides is 1. The maximum Gasteiger partial charge on any atom is 0.254 e. The summed E-state index contributed by atoms with van der Waals surface area (Å²) >= 11 is 0. The zero-order valence-corrected chi connectivity index (χ0v) is 17.0. The van der Waals surface area contributed by atoms with Gasteiger partial charge < -0.3 is 4.90 Å². The van der Waals surface area contributed by atoms with E-state index >= 15 is 0 Å². The minimum Gasteiger partial charge on any atom is -0.332 e. The lowest BCUT2D eigenvalue weighted by atomic mass is 10.1. The number of carbonyl (C=O) groups excluding carboxylic acids is 1. The van der Waals surface area contributed by atoms with Crippen LogP contribution in [0, 0.1) is 5.92 Å². The molecule has 0 aliphatic heterocycles. The van der Waals surface area contributed by atoms with Crippen LogP contribution in [0.1, 0.15) is 43.6 Å². The number of benzene rings is 1. The molecule has 0 bridgehead atoms. The Morgan fingerprint density at radius 1 is 1.11 bits per heavy atom. The topological polar surface area (TPSA) is 79.4 Å². The van der Waals surface area contributed by atoms with Crippen LogP contribution in [0.4, 0.5) is 0 Å². The van der Waals surface area contributed by atoms with E-state index in [0.717, 1.165) is 5.56 Å². The predicted molar refractivity (Wildman–Crippen MR) is 106 cm³/mol. The number of nitrogens with one attached hydrogen (secondary N) is 1. The molecule has 1 N–H and O–H groups in total. The summed E-state index contributed by atoms with van der Waals surface area (Å²) in [7, 11) is -3.57. The van der Waals surface area contributed by atoms with Crippen molar-refractivity contribution in [2.75, 3.05) is 6.54 Å². The highest BCUT2D eigenvalue weighted by molar-refractivity contribution is 7.89. The molecule has 0 aliphatic rings.